The molecule has 2 aromatic heterocycles. The number of pyridine rings is 1. The van der Waals surface area contributed by atoms with Gasteiger partial charge >= 0.3 is 5.97 Å². The molecule has 0 amide bonds. The van der Waals surface area contributed by atoms with Crippen LogP contribution >= 0.6 is 11.8 Å². The van der Waals surface area contributed by atoms with Gasteiger partial charge in [0.05, 0.1) is 5.69 Å². The van der Waals surface area contributed by atoms with Crippen LogP contribution in [0.5, 0.6) is 0 Å². The Balaban J connectivity index is 2.52. The van der Waals surface area contributed by atoms with E-state index in [9.17, 15) is 4.79 Å². The molecular formula is C10H7ClN2O2. The summed E-state index contributed by atoms with van der Waals surface area (Å²) in [6.07, 6.45) is 3.25. The zero-order chi connectivity index (χ0) is 10.8. The number of hydrogen-bond acceptors (Lipinski definition) is 2. The van der Waals surface area contributed by atoms with E-state index < -0.39 is 5.97 Å². The lowest BCUT2D eigenvalue weighted by molar-refractivity contribution is 0.0690. The quantitative estimate of drug-likeness (QED) is 0.848. The van der Waals surface area contributed by atoms with Crippen LogP contribution in [0.2, 0.25) is 0 Å². The zero-order valence-corrected chi connectivity index (χ0v) is 8.35. The molecule has 5 heteroatoms. The van der Waals surface area contributed by atoms with Gasteiger partial charge in [-0.25, -0.2) is 8.88 Å². The van der Waals surface area contributed by atoms with Crippen LogP contribution < -0.4 is 0 Å². The van der Waals surface area contributed by atoms with Gasteiger partial charge in [-0.1, -0.05) is 0 Å². The van der Waals surface area contributed by atoms with Crippen molar-refractivity contribution < 1.29 is 9.90 Å². The molecule has 2 rings (SSSR count). The largest absolute Gasteiger partial charge is 0.477 e. The van der Waals surface area contributed by atoms with Crippen LogP contribution in [0, 0.1) is 0 Å². The normalized spacial score (nSPS) is 10.2. The number of rotatable bonds is 2. The Morgan fingerprint density at radius 3 is 2.47 bits per heavy atom. The molecule has 76 valence electrons. The van der Waals surface area contributed by atoms with Gasteiger partial charge in [-0.05, 0) is 24.3 Å². The first-order valence-corrected chi connectivity index (χ1v) is 4.55. The average molecular weight is 223 g/mol. The molecule has 0 spiro atoms. The number of carboxylic acid groups (broad SMARTS) is 1. The molecular weight excluding hydrogens is 216 g/mol. The molecule has 0 fully saturated rings. The number of nitrogens with zero attached hydrogens (tertiary/aromatic N) is 2. The molecule has 0 atom stereocenters. The molecule has 0 aliphatic heterocycles. The molecule has 1 N–H and O–H groups in total. The maximum Gasteiger partial charge on any atom is 0.353 e. The van der Waals surface area contributed by atoms with Crippen LogP contribution in [0.4, 0.5) is 0 Å². The monoisotopic (exact) mass is 222 g/mol. The third kappa shape index (κ3) is 1.71. The lowest BCUT2D eigenvalue weighted by Gasteiger charge is -2.01. The van der Waals surface area contributed by atoms with E-state index in [4.69, 9.17) is 16.9 Å². The van der Waals surface area contributed by atoms with Crippen molar-refractivity contribution in [1.29, 1.82) is 0 Å². The van der Waals surface area contributed by atoms with Crippen molar-refractivity contribution in [2.24, 2.45) is 0 Å². The fraction of sp³-hybridized carbons (Fsp3) is 0. The summed E-state index contributed by atoms with van der Waals surface area (Å²) in [6, 6.07) is 6.65. The summed E-state index contributed by atoms with van der Waals surface area (Å²) in [5.74, 6) is -1.05. The van der Waals surface area contributed by atoms with Gasteiger partial charge in [0.15, 0.2) is 0 Å². The number of carbonyl (C=O) groups is 1. The van der Waals surface area contributed by atoms with E-state index in [1.54, 1.807) is 30.6 Å². The highest BCUT2D eigenvalue weighted by Gasteiger charge is 2.13. The van der Waals surface area contributed by atoms with Gasteiger partial charge in [-0.15, -0.1) is 0 Å². The molecule has 0 saturated carbocycles. The second-order valence-corrected chi connectivity index (χ2v) is 3.26. The third-order valence-corrected chi connectivity index (χ3v) is 2.38. The summed E-state index contributed by atoms with van der Waals surface area (Å²) >= 11 is 5.87. The van der Waals surface area contributed by atoms with Crippen molar-refractivity contribution >= 4 is 17.7 Å². The minimum atomic E-state index is -1.05. The van der Waals surface area contributed by atoms with Crippen molar-refractivity contribution in [2.45, 2.75) is 0 Å². The molecule has 0 unspecified atom stereocenters. The summed E-state index contributed by atoms with van der Waals surface area (Å²) < 4.78 is 1.12. The fourth-order valence-electron chi connectivity index (χ4n) is 1.31. The highest BCUT2D eigenvalue weighted by molar-refractivity contribution is 6.19. The molecule has 0 aliphatic carbocycles. The Kier molecular flexibility index (Phi) is 2.43. The Morgan fingerprint density at radius 2 is 1.93 bits per heavy atom. The van der Waals surface area contributed by atoms with Gasteiger partial charge < -0.3 is 5.11 Å². The van der Waals surface area contributed by atoms with Crippen molar-refractivity contribution in [3.8, 4) is 11.3 Å². The van der Waals surface area contributed by atoms with E-state index >= 15 is 0 Å². The van der Waals surface area contributed by atoms with E-state index in [1.807, 2.05) is 0 Å². The van der Waals surface area contributed by atoms with E-state index in [-0.39, 0.29) is 5.69 Å². The highest BCUT2D eigenvalue weighted by Crippen LogP contribution is 2.22. The summed E-state index contributed by atoms with van der Waals surface area (Å²) in [5, 5.41) is 8.81. The Hall–Kier alpha value is -1.81. The minimum absolute atomic E-state index is 0.0449. The second kappa shape index (κ2) is 3.74. The standard InChI is InChI=1S/C10H7ClN2O2/c11-13-8(1-2-9(13)10(14)15)7-3-5-12-6-4-7/h1-6H,(H,14,15). The SMILES string of the molecule is O=C(O)c1ccc(-c2ccncc2)n1Cl. The lowest BCUT2D eigenvalue weighted by atomic mass is 10.2. The van der Waals surface area contributed by atoms with Gasteiger partial charge in [-0.2, -0.15) is 0 Å². The van der Waals surface area contributed by atoms with Gasteiger partial charge in [0.1, 0.15) is 5.69 Å². The van der Waals surface area contributed by atoms with Crippen LogP contribution in [-0.2, 0) is 0 Å². The van der Waals surface area contributed by atoms with Crippen LogP contribution in [-0.4, -0.2) is 20.1 Å². The van der Waals surface area contributed by atoms with E-state index in [0.29, 0.717) is 5.69 Å². The fourth-order valence-corrected chi connectivity index (χ4v) is 1.59. The van der Waals surface area contributed by atoms with E-state index in [2.05, 4.69) is 4.98 Å². The smallest absolute Gasteiger partial charge is 0.353 e. The van der Waals surface area contributed by atoms with Gasteiger partial charge in [0, 0.05) is 29.7 Å². The number of carboxylic acids is 1. The third-order valence-electron chi connectivity index (χ3n) is 2.02. The van der Waals surface area contributed by atoms with Crippen LogP contribution in [0.1, 0.15) is 10.5 Å². The van der Waals surface area contributed by atoms with Crippen LogP contribution in [0.25, 0.3) is 11.3 Å². The summed E-state index contributed by atoms with van der Waals surface area (Å²) in [7, 11) is 0. The number of halogens is 1. The lowest BCUT2D eigenvalue weighted by Crippen LogP contribution is -2.01. The minimum Gasteiger partial charge on any atom is -0.477 e. The van der Waals surface area contributed by atoms with Crippen molar-refractivity contribution in [2.75, 3.05) is 0 Å². The van der Waals surface area contributed by atoms with Crippen LogP contribution in [0.3, 0.4) is 0 Å². The summed E-state index contributed by atoms with van der Waals surface area (Å²) in [4.78, 5) is 14.6. The first-order chi connectivity index (χ1) is 7.20. The molecule has 4 nitrogen and oxygen atoms in total. The zero-order valence-electron chi connectivity index (χ0n) is 7.59. The predicted octanol–water partition coefficient (Wildman–Crippen LogP) is 2.25. The molecule has 0 saturated heterocycles. The average Bonchev–Trinajstić information content (AvgIpc) is 2.61. The Labute approximate surface area is 90.9 Å². The molecule has 0 radical (unpaired) electrons. The van der Waals surface area contributed by atoms with E-state index in [1.165, 1.54) is 6.07 Å². The first-order valence-electron chi connectivity index (χ1n) is 4.22. The number of hydrogen-bond donors (Lipinski definition) is 1. The van der Waals surface area contributed by atoms with Gasteiger partial charge in [-0.3, -0.25) is 4.98 Å². The molecule has 0 aliphatic rings. The van der Waals surface area contributed by atoms with Gasteiger partial charge in [0.25, 0.3) is 0 Å². The molecule has 0 bridgehead atoms. The van der Waals surface area contributed by atoms with E-state index in [0.717, 1.165) is 9.65 Å². The second-order valence-electron chi connectivity index (χ2n) is 2.93. The number of aromatic nitrogens is 2. The van der Waals surface area contributed by atoms with Crippen molar-refractivity contribution in [3.05, 3.63) is 42.4 Å². The van der Waals surface area contributed by atoms with Crippen LogP contribution in [0.15, 0.2) is 36.7 Å². The molecule has 15 heavy (non-hydrogen) atoms. The number of aromatic carboxylic acids is 1. The predicted molar refractivity (Wildman–Crippen MR) is 55.9 cm³/mol. The molecule has 2 aromatic rings. The Morgan fingerprint density at radius 1 is 1.27 bits per heavy atom. The summed E-state index contributed by atoms with van der Waals surface area (Å²) in [6.45, 7) is 0. The first kappa shape index (κ1) is 9.73. The maximum atomic E-state index is 10.7. The molecule has 0 aromatic carbocycles. The highest BCUT2D eigenvalue weighted by atomic mass is 35.5. The topological polar surface area (TPSA) is 55.1 Å². The summed E-state index contributed by atoms with van der Waals surface area (Å²) in [5.41, 5.74) is 1.51. The Bertz CT molecular complexity index is 493. The van der Waals surface area contributed by atoms with Crippen molar-refractivity contribution in [3.63, 3.8) is 0 Å². The van der Waals surface area contributed by atoms with Crippen molar-refractivity contribution in [1.82, 2.24) is 9.07 Å². The van der Waals surface area contributed by atoms with Gasteiger partial charge in [0.2, 0.25) is 0 Å². The maximum absolute atomic E-state index is 10.7. The molecule has 2 heterocycles.